The summed E-state index contributed by atoms with van der Waals surface area (Å²) >= 11 is 18.6. The number of hydrogen-bond donors (Lipinski definition) is 1. The van der Waals surface area contributed by atoms with Crippen molar-refractivity contribution < 1.29 is 14.3 Å². The van der Waals surface area contributed by atoms with E-state index in [0.29, 0.717) is 44.3 Å². The van der Waals surface area contributed by atoms with Crippen LogP contribution in [0.25, 0.3) is 0 Å². The topological polar surface area (TPSA) is 63.2 Å². The first-order valence-electron chi connectivity index (χ1n) is 11.7. The van der Waals surface area contributed by atoms with Crippen LogP contribution in [0.3, 0.4) is 0 Å². The standard InChI is InChI=1S/C27H26Cl3N3O3/c1-2-35-25-15-19(14-24(30)26(25)36-17-18-5-10-22(28)23(29)13-18)16-31-32-27(34)20-6-8-21(9-7-20)33-11-3-4-12-33/h5-10,13-16H,2-4,11-12,17H2,1H3,(H,32,34)/b31-16-. The number of halogens is 3. The van der Waals surface area contributed by atoms with Gasteiger partial charge in [0.1, 0.15) is 6.61 Å². The Kier molecular flexibility index (Phi) is 8.97. The van der Waals surface area contributed by atoms with Gasteiger partial charge in [-0.3, -0.25) is 4.79 Å². The van der Waals surface area contributed by atoms with Gasteiger partial charge in [0.05, 0.1) is 27.9 Å². The Labute approximate surface area is 225 Å². The number of carbonyl (C=O) groups is 1. The summed E-state index contributed by atoms with van der Waals surface area (Å²) in [7, 11) is 0. The molecule has 1 aliphatic rings. The normalized spacial score (nSPS) is 13.3. The lowest BCUT2D eigenvalue weighted by Crippen LogP contribution is -2.19. The van der Waals surface area contributed by atoms with Crippen LogP contribution < -0.4 is 19.8 Å². The molecule has 1 N–H and O–H groups in total. The number of hydrogen-bond acceptors (Lipinski definition) is 5. The molecule has 0 bridgehead atoms. The summed E-state index contributed by atoms with van der Waals surface area (Å²) in [5.74, 6) is 0.580. The number of carbonyl (C=O) groups excluding carboxylic acids is 1. The van der Waals surface area contributed by atoms with Gasteiger partial charge in [0, 0.05) is 24.3 Å². The number of hydrazone groups is 1. The zero-order valence-corrected chi connectivity index (χ0v) is 22.0. The van der Waals surface area contributed by atoms with Crippen molar-refractivity contribution in [2.24, 2.45) is 5.10 Å². The quantitative estimate of drug-likeness (QED) is 0.232. The molecular formula is C27H26Cl3N3O3. The lowest BCUT2D eigenvalue weighted by molar-refractivity contribution is 0.0955. The van der Waals surface area contributed by atoms with E-state index in [2.05, 4.69) is 15.4 Å². The second kappa shape index (κ2) is 12.3. The van der Waals surface area contributed by atoms with Crippen LogP contribution in [-0.2, 0) is 6.61 Å². The van der Waals surface area contributed by atoms with Crippen molar-refractivity contribution in [3.63, 3.8) is 0 Å². The summed E-state index contributed by atoms with van der Waals surface area (Å²) in [5, 5.41) is 5.36. The molecule has 6 nitrogen and oxygen atoms in total. The van der Waals surface area contributed by atoms with Gasteiger partial charge in [0.2, 0.25) is 0 Å². The van der Waals surface area contributed by atoms with Crippen molar-refractivity contribution in [3.05, 3.63) is 86.4 Å². The van der Waals surface area contributed by atoms with Crippen molar-refractivity contribution in [2.75, 3.05) is 24.6 Å². The number of nitrogens with one attached hydrogen (secondary N) is 1. The minimum Gasteiger partial charge on any atom is -0.490 e. The molecule has 1 amide bonds. The van der Waals surface area contributed by atoms with E-state index >= 15 is 0 Å². The molecule has 0 radical (unpaired) electrons. The third-order valence-corrected chi connectivity index (χ3v) is 6.70. The Hall–Kier alpha value is -2.93. The molecular weight excluding hydrogens is 521 g/mol. The molecule has 0 atom stereocenters. The average molecular weight is 547 g/mol. The largest absolute Gasteiger partial charge is 0.490 e. The summed E-state index contributed by atoms with van der Waals surface area (Å²) < 4.78 is 11.7. The van der Waals surface area contributed by atoms with Crippen LogP contribution in [0.5, 0.6) is 11.5 Å². The highest BCUT2D eigenvalue weighted by Crippen LogP contribution is 2.37. The highest BCUT2D eigenvalue weighted by molar-refractivity contribution is 6.42. The van der Waals surface area contributed by atoms with E-state index in [1.807, 2.05) is 37.3 Å². The first kappa shape index (κ1) is 26.1. The molecule has 9 heteroatoms. The third kappa shape index (κ3) is 6.64. The average Bonchev–Trinajstić information content (AvgIpc) is 3.41. The second-order valence-corrected chi connectivity index (χ2v) is 9.46. The van der Waals surface area contributed by atoms with Gasteiger partial charge in [-0.1, -0.05) is 40.9 Å². The fourth-order valence-corrected chi connectivity index (χ4v) is 4.47. The molecule has 36 heavy (non-hydrogen) atoms. The summed E-state index contributed by atoms with van der Waals surface area (Å²) in [6.07, 6.45) is 3.92. The van der Waals surface area contributed by atoms with Gasteiger partial charge < -0.3 is 14.4 Å². The first-order valence-corrected chi connectivity index (χ1v) is 12.8. The monoisotopic (exact) mass is 545 g/mol. The Morgan fingerprint density at radius 1 is 0.972 bits per heavy atom. The van der Waals surface area contributed by atoms with Gasteiger partial charge in [-0.2, -0.15) is 5.10 Å². The van der Waals surface area contributed by atoms with Crippen LogP contribution in [0.15, 0.2) is 59.7 Å². The van der Waals surface area contributed by atoms with Gasteiger partial charge in [0.25, 0.3) is 5.91 Å². The van der Waals surface area contributed by atoms with E-state index in [0.717, 1.165) is 24.3 Å². The number of benzene rings is 3. The molecule has 3 aromatic carbocycles. The Morgan fingerprint density at radius 2 is 1.72 bits per heavy atom. The first-order chi connectivity index (χ1) is 17.4. The van der Waals surface area contributed by atoms with Gasteiger partial charge in [-0.05, 0) is 79.4 Å². The highest BCUT2D eigenvalue weighted by Gasteiger charge is 2.14. The molecule has 0 saturated carbocycles. The molecule has 1 heterocycles. The number of ether oxygens (including phenoxy) is 2. The summed E-state index contributed by atoms with van der Waals surface area (Å²) in [5.41, 5.74) is 5.71. The maximum absolute atomic E-state index is 12.5. The van der Waals surface area contributed by atoms with Crippen LogP contribution in [0.2, 0.25) is 15.1 Å². The van der Waals surface area contributed by atoms with Crippen molar-refractivity contribution in [3.8, 4) is 11.5 Å². The van der Waals surface area contributed by atoms with Crippen molar-refractivity contribution in [1.82, 2.24) is 5.43 Å². The van der Waals surface area contributed by atoms with E-state index in [1.165, 1.54) is 19.1 Å². The Bertz CT molecular complexity index is 1240. The van der Waals surface area contributed by atoms with Gasteiger partial charge in [-0.25, -0.2) is 5.43 Å². The molecule has 0 unspecified atom stereocenters. The highest BCUT2D eigenvalue weighted by atomic mass is 35.5. The molecule has 4 rings (SSSR count). The van der Waals surface area contributed by atoms with Gasteiger partial charge in [0.15, 0.2) is 11.5 Å². The lowest BCUT2D eigenvalue weighted by Gasteiger charge is -2.17. The molecule has 3 aromatic rings. The van der Waals surface area contributed by atoms with E-state index in [4.69, 9.17) is 44.3 Å². The number of nitrogens with zero attached hydrogens (tertiary/aromatic N) is 2. The zero-order chi connectivity index (χ0) is 25.5. The van der Waals surface area contributed by atoms with Crippen molar-refractivity contribution in [2.45, 2.75) is 26.4 Å². The van der Waals surface area contributed by atoms with Crippen molar-refractivity contribution >= 4 is 52.6 Å². The summed E-state index contributed by atoms with van der Waals surface area (Å²) in [6, 6.07) is 16.3. The van der Waals surface area contributed by atoms with Gasteiger partial charge >= 0.3 is 0 Å². The van der Waals surface area contributed by atoms with E-state index in [1.54, 1.807) is 24.3 Å². The van der Waals surface area contributed by atoms with Crippen LogP contribution in [0, 0.1) is 0 Å². The smallest absolute Gasteiger partial charge is 0.271 e. The number of amides is 1. The van der Waals surface area contributed by atoms with Gasteiger partial charge in [-0.15, -0.1) is 0 Å². The molecule has 0 spiro atoms. The van der Waals surface area contributed by atoms with Crippen molar-refractivity contribution in [1.29, 1.82) is 0 Å². The maximum atomic E-state index is 12.5. The fraction of sp³-hybridized carbons (Fsp3) is 0.259. The van der Waals surface area contributed by atoms with Crippen LogP contribution in [-0.4, -0.2) is 31.8 Å². The molecule has 0 aliphatic carbocycles. The summed E-state index contributed by atoms with van der Waals surface area (Å²) in [6.45, 7) is 4.64. The minimum absolute atomic E-state index is 0.233. The number of anilines is 1. The predicted octanol–water partition coefficient (Wildman–Crippen LogP) is 6.99. The van der Waals surface area contributed by atoms with Crippen LogP contribution >= 0.6 is 34.8 Å². The predicted molar refractivity (Wildman–Crippen MR) is 146 cm³/mol. The lowest BCUT2D eigenvalue weighted by atomic mass is 10.2. The van der Waals surface area contributed by atoms with E-state index in [-0.39, 0.29) is 12.5 Å². The Morgan fingerprint density at radius 3 is 2.42 bits per heavy atom. The fourth-order valence-electron chi connectivity index (χ4n) is 3.88. The Balaban J connectivity index is 1.40. The zero-order valence-electron chi connectivity index (χ0n) is 19.8. The SMILES string of the molecule is CCOc1cc(/C=N\NC(=O)c2ccc(N3CCCC3)cc2)cc(Cl)c1OCc1ccc(Cl)c(Cl)c1. The molecule has 1 fully saturated rings. The molecule has 1 aliphatic heterocycles. The molecule has 188 valence electrons. The van der Waals surface area contributed by atoms with Crippen LogP contribution in [0.4, 0.5) is 5.69 Å². The summed E-state index contributed by atoms with van der Waals surface area (Å²) in [4.78, 5) is 14.8. The molecule has 1 saturated heterocycles. The van der Waals surface area contributed by atoms with E-state index in [9.17, 15) is 4.79 Å². The van der Waals surface area contributed by atoms with Crippen LogP contribution in [0.1, 0.15) is 41.3 Å². The molecule has 0 aromatic heterocycles. The maximum Gasteiger partial charge on any atom is 0.271 e. The number of rotatable bonds is 9. The minimum atomic E-state index is -0.295. The second-order valence-electron chi connectivity index (χ2n) is 8.24. The third-order valence-electron chi connectivity index (χ3n) is 5.68. The van der Waals surface area contributed by atoms with E-state index < -0.39 is 0 Å².